The van der Waals surface area contributed by atoms with Crippen LogP contribution < -0.4 is 19.9 Å². The lowest BCUT2D eigenvalue weighted by molar-refractivity contribution is 0.148. The Labute approximate surface area is 164 Å². The van der Waals surface area contributed by atoms with Crippen molar-refractivity contribution >= 4 is 5.69 Å². The zero-order valence-corrected chi connectivity index (χ0v) is 16.0. The molecule has 3 aliphatic rings. The molecule has 1 aromatic carbocycles. The number of ether oxygens (including phenoxy) is 2. The summed E-state index contributed by atoms with van der Waals surface area (Å²) in [5.74, 6) is 1.70. The Morgan fingerprint density at radius 1 is 1.11 bits per heavy atom. The van der Waals surface area contributed by atoms with Crippen LogP contribution in [0, 0.1) is 0 Å². The van der Waals surface area contributed by atoms with Gasteiger partial charge in [0.1, 0.15) is 13.2 Å². The predicted molar refractivity (Wildman–Crippen MR) is 106 cm³/mol. The minimum Gasteiger partial charge on any atom is -0.486 e. The third-order valence-electron chi connectivity index (χ3n) is 5.90. The predicted octanol–water partition coefficient (Wildman–Crippen LogP) is 2.06. The first kappa shape index (κ1) is 17.6. The lowest BCUT2D eigenvalue weighted by Gasteiger charge is -2.35. The topological polar surface area (TPSA) is 59.8 Å². The molecule has 0 radical (unpaired) electrons. The van der Waals surface area contributed by atoms with E-state index < -0.39 is 0 Å². The van der Waals surface area contributed by atoms with E-state index in [1.807, 2.05) is 18.3 Å². The molecule has 2 saturated heterocycles. The number of nitrogens with zero attached hydrogens (tertiary/aromatic N) is 4. The standard InChI is InChI=1S/C21H26N4O3/c26-20-12-18(24-8-3-9-24)13-22-25(20)17-5-2-7-23(15-17)14-16-4-1-6-19-21(16)28-11-10-27-19/h1,4,6,12-13,17H,2-3,5,7-11,14-15H2/t17-/m1/s1. The van der Waals surface area contributed by atoms with Crippen molar-refractivity contribution in [3.63, 3.8) is 0 Å². The highest BCUT2D eigenvalue weighted by atomic mass is 16.6. The van der Waals surface area contributed by atoms with E-state index in [-0.39, 0.29) is 11.6 Å². The fourth-order valence-corrected chi connectivity index (χ4v) is 4.30. The van der Waals surface area contributed by atoms with Crippen molar-refractivity contribution in [1.82, 2.24) is 14.7 Å². The second-order valence-electron chi connectivity index (χ2n) is 7.81. The molecule has 5 rings (SSSR count). The summed E-state index contributed by atoms with van der Waals surface area (Å²) in [5, 5.41) is 4.51. The van der Waals surface area contributed by atoms with Gasteiger partial charge in [-0.3, -0.25) is 9.69 Å². The van der Waals surface area contributed by atoms with Gasteiger partial charge in [0.2, 0.25) is 0 Å². The normalized spacial score (nSPS) is 22.0. The van der Waals surface area contributed by atoms with Gasteiger partial charge in [0, 0.05) is 37.8 Å². The molecule has 1 atom stereocenters. The Kier molecular flexibility index (Phi) is 4.68. The third kappa shape index (κ3) is 3.35. The van der Waals surface area contributed by atoms with Crippen molar-refractivity contribution in [1.29, 1.82) is 0 Å². The minimum atomic E-state index is 0.00470. The van der Waals surface area contributed by atoms with Crippen LogP contribution in [-0.2, 0) is 6.54 Å². The summed E-state index contributed by atoms with van der Waals surface area (Å²) in [7, 11) is 0. The molecule has 1 aromatic heterocycles. The number of aromatic nitrogens is 2. The number of benzene rings is 1. The summed E-state index contributed by atoms with van der Waals surface area (Å²) in [6.07, 6.45) is 5.08. The van der Waals surface area contributed by atoms with Crippen LogP contribution in [0.25, 0.3) is 0 Å². The number of para-hydroxylation sites is 1. The van der Waals surface area contributed by atoms with Crippen LogP contribution in [0.4, 0.5) is 5.69 Å². The number of piperidine rings is 1. The Balaban J connectivity index is 1.31. The number of anilines is 1. The van der Waals surface area contributed by atoms with Crippen LogP contribution in [-0.4, -0.2) is 54.1 Å². The maximum Gasteiger partial charge on any atom is 0.269 e. The van der Waals surface area contributed by atoms with Crippen molar-refractivity contribution in [2.45, 2.75) is 31.8 Å². The van der Waals surface area contributed by atoms with Gasteiger partial charge < -0.3 is 14.4 Å². The second kappa shape index (κ2) is 7.47. The summed E-state index contributed by atoms with van der Waals surface area (Å²) in [6.45, 7) is 5.87. The zero-order valence-electron chi connectivity index (χ0n) is 16.0. The van der Waals surface area contributed by atoms with Crippen molar-refractivity contribution in [3.8, 4) is 11.5 Å². The van der Waals surface area contributed by atoms with Gasteiger partial charge in [-0.15, -0.1) is 0 Å². The lowest BCUT2D eigenvalue weighted by atomic mass is 10.0. The molecule has 4 heterocycles. The van der Waals surface area contributed by atoms with Gasteiger partial charge in [0.25, 0.3) is 5.56 Å². The highest BCUT2D eigenvalue weighted by Gasteiger charge is 2.25. The van der Waals surface area contributed by atoms with Crippen LogP contribution in [0.15, 0.2) is 35.3 Å². The molecule has 148 valence electrons. The van der Waals surface area contributed by atoms with E-state index in [1.54, 1.807) is 10.7 Å². The summed E-state index contributed by atoms with van der Waals surface area (Å²) < 4.78 is 13.2. The highest BCUT2D eigenvalue weighted by Crippen LogP contribution is 2.35. The fourth-order valence-electron chi connectivity index (χ4n) is 4.30. The van der Waals surface area contributed by atoms with E-state index in [9.17, 15) is 4.79 Å². The van der Waals surface area contributed by atoms with Crippen LogP contribution in [0.3, 0.4) is 0 Å². The molecule has 7 nitrogen and oxygen atoms in total. The van der Waals surface area contributed by atoms with E-state index in [0.29, 0.717) is 13.2 Å². The van der Waals surface area contributed by atoms with E-state index in [0.717, 1.165) is 68.3 Å². The molecule has 2 aromatic rings. The molecule has 0 aliphatic carbocycles. The van der Waals surface area contributed by atoms with Crippen molar-refractivity contribution in [3.05, 3.63) is 46.4 Å². The first-order valence-corrected chi connectivity index (χ1v) is 10.2. The first-order chi connectivity index (χ1) is 13.8. The maximum absolute atomic E-state index is 12.7. The second-order valence-corrected chi connectivity index (χ2v) is 7.81. The molecule has 2 fully saturated rings. The smallest absolute Gasteiger partial charge is 0.269 e. The lowest BCUT2D eigenvalue weighted by Crippen LogP contribution is -2.42. The summed E-state index contributed by atoms with van der Waals surface area (Å²) in [4.78, 5) is 17.2. The van der Waals surface area contributed by atoms with Crippen LogP contribution in [0.2, 0.25) is 0 Å². The highest BCUT2D eigenvalue weighted by molar-refractivity contribution is 5.47. The molecule has 7 heteroatoms. The number of hydrogen-bond donors (Lipinski definition) is 0. The molecule has 0 unspecified atom stereocenters. The number of rotatable bonds is 4. The number of likely N-dealkylation sites (tertiary alicyclic amines) is 1. The van der Waals surface area contributed by atoms with Crippen molar-refractivity contribution in [2.75, 3.05) is 44.3 Å². The quantitative estimate of drug-likeness (QED) is 0.807. The van der Waals surface area contributed by atoms with Gasteiger partial charge in [0.15, 0.2) is 11.5 Å². The van der Waals surface area contributed by atoms with Crippen molar-refractivity contribution in [2.24, 2.45) is 0 Å². The van der Waals surface area contributed by atoms with Crippen LogP contribution in [0.1, 0.15) is 30.9 Å². The monoisotopic (exact) mass is 382 g/mol. The average Bonchev–Trinajstić information content (AvgIpc) is 2.67. The molecule has 3 aliphatic heterocycles. The summed E-state index contributed by atoms with van der Waals surface area (Å²) in [5.41, 5.74) is 2.10. The number of hydrogen-bond acceptors (Lipinski definition) is 6. The summed E-state index contributed by atoms with van der Waals surface area (Å²) >= 11 is 0. The molecule has 0 spiro atoms. The molecule has 0 N–H and O–H groups in total. The Morgan fingerprint density at radius 2 is 2.00 bits per heavy atom. The average molecular weight is 382 g/mol. The van der Waals surface area contributed by atoms with Gasteiger partial charge in [-0.05, 0) is 31.9 Å². The van der Waals surface area contributed by atoms with Gasteiger partial charge in [-0.1, -0.05) is 12.1 Å². The molecular weight excluding hydrogens is 356 g/mol. The van der Waals surface area contributed by atoms with Crippen LogP contribution in [0.5, 0.6) is 11.5 Å². The van der Waals surface area contributed by atoms with E-state index in [1.165, 1.54) is 6.42 Å². The zero-order chi connectivity index (χ0) is 18.9. The third-order valence-corrected chi connectivity index (χ3v) is 5.90. The van der Waals surface area contributed by atoms with E-state index in [2.05, 4.69) is 21.0 Å². The van der Waals surface area contributed by atoms with E-state index in [4.69, 9.17) is 9.47 Å². The fraction of sp³-hybridized carbons (Fsp3) is 0.524. The first-order valence-electron chi connectivity index (χ1n) is 10.2. The molecular formula is C21H26N4O3. The largest absolute Gasteiger partial charge is 0.486 e. The van der Waals surface area contributed by atoms with Crippen molar-refractivity contribution < 1.29 is 9.47 Å². The Hall–Kier alpha value is -2.54. The maximum atomic E-state index is 12.7. The molecule has 0 saturated carbocycles. The molecule has 0 amide bonds. The minimum absolute atomic E-state index is 0.00470. The van der Waals surface area contributed by atoms with Crippen LogP contribution >= 0.6 is 0 Å². The summed E-state index contributed by atoms with van der Waals surface area (Å²) in [6, 6.07) is 7.93. The Morgan fingerprint density at radius 3 is 2.82 bits per heavy atom. The number of fused-ring (bicyclic) bond motifs is 1. The SMILES string of the molecule is O=c1cc(N2CCC2)cnn1[C@@H]1CCCN(Cc2cccc3c2OCCO3)C1. The van der Waals surface area contributed by atoms with Gasteiger partial charge in [-0.2, -0.15) is 5.10 Å². The van der Waals surface area contributed by atoms with E-state index >= 15 is 0 Å². The van der Waals surface area contributed by atoms with Gasteiger partial charge in [-0.25, -0.2) is 4.68 Å². The molecule has 28 heavy (non-hydrogen) atoms. The van der Waals surface area contributed by atoms with Gasteiger partial charge in [0.05, 0.1) is 17.9 Å². The Bertz CT molecular complexity index is 909. The molecule has 0 bridgehead atoms. The van der Waals surface area contributed by atoms with Gasteiger partial charge >= 0.3 is 0 Å².